The molecule has 0 radical (unpaired) electrons. The number of carbonyl (C=O) groups excluding carboxylic acids is 5. The van der Waals surface area contributed by atoms with Crippen molar-refractivity contribution in [1.82, 2.24) is 10.2 Å². The van der Waals surface area contributed by atoms with E-state index in [1.54, 1.807) is 14.2 Å². The monoisotopic (exact) mass is 1060 g/mol. The van der Waals surface area contributed by atoms with Crippen LogP contribution in [-0.4, -0.2) is 162 Å². The van der Waals surface area contributed by atoms with Crippen LogP contribution in [0.1, 0.15) is 103 Å². The Morgan fingerprint density at radius 1 is 0.671 bits per heavy atom. The van der Waals surface area contributed by atoms with Crippen LogP contribution in [0, 0.1) is 10.8 Å². The van der Waals surface area contributed by atoms with Crippen LogP contribution in [0.3, 0.4) is 0 Å². The standard InChI is InChI=1S/C57H80N2O17/c1-40(61)72-35-48-52(74-41(2)62)53(75-42(3)63)51(66)54(76-48)71-34-33-70-32-31-69-30-29-58-49(64)19-15-10-8-9-11-16-20-50(65)59-36-55(4,38-60)56(5,37-59)39-73-57(43-17-13-12-14-18-43,44-21-25-46(67-6)26-22-44)45-23-27-47(68-7)28-24-45/h12-14,17-18,21-28,48,51-54,60,66H,8-11,15-16,19-20,29-39H2,1-7H3,(H,58,64)/t48-,51+,52-,53-,54+,55?,56-/m1/s1. The first kappa shape index (κ1) is 61.2. The van der Waals surface area contributed by atoms with Gasteiger partial charge in [-0.25, -0.2) is 0 Å². The molecule has 19 nitrogen and oxygen atoms in total. The minimum Gasteiger partial charge on any atom is -0.497 e. The number of aliphatic hydroxyl groups excluding tert-OH is 2. The van der Waals surface area contributed by atoms with Crippen molar-refractivity contribution >= 4 is 29.7 Å². The van der Waals surface area contributed by atoms with Crippen LogP contribution in [0.5, 0.6) is 11.5 Å². The van der Waals surface area contributed by atoms with E-state index in [1.165, 1.54) is 6.92 Å². The fourth-order valence-electron chi connectivity index (χ4n) is 9.61. The van der Waals surface area contributed by atoms with Gasteiger partial charge in [-0.1, -0.05) is 94.1 Å². The van der Waals surface area contributed by atoms with E-state index in [4.69, 9.17) is 47.4 Å². The van der Waals surface area contributed by atoms with E-state index < -0.39 is 65.0 Å². The van der Waals surface area contributed by atoms with Crippen LogP contribution in [-0.2, 0) is 67.5 Å². The van der Waals surface area contributed by atoms with Crippen LogP contribution in [0.15, 0.2) is 78.9 Å². The Labute approximate surface area is 447 Å². The summed E-state index contributed by atoms with van der Waals surface area (Å²) in [5, 5.41) is 24.6. The lowest BCUT2D eigenvalue weighted by atomic mass is 9.68. The highest BCUT2D eigenvalue weighted by molar-refractivity contribution is 5.77. The van der Waals surface area contributed by atoms with Gasteiger partial charge in [-0.15, -0.1) is 0 Å². The summed E-state index contributed by atoms with van der Waals surface area (Å²) in [6.07, 6.45) is -0.469. The molecule has 0 saturated carbocycles. The number of hydrogen-bond donors (Lipinski definition) is 3. The SMILES string of the molecule is COc1ccc(C(OC[C@@]2(C)CN(C(=O)CCCCCCCCC(=O)NCCOCCOCCO[C@H]3O[C@H](COC(C)=O)[C@@H](OC(C)=O)[C@H](OC(C)=O)[C@@H]3O)CC2(C)CO)(c2ccccc2)c2ccc(OC)cc2)cc1. The first-order valence-corrected chi connectivity index (χ1v) is 26.2. The Morgan fingerprint density at radius 3 is 1.76 bits per heavy atom. The summed E-state index contributed by atoms with van der Waals surface area (Å²) in [7, 11) is 3.28. The van der Waals surface area contributed by atoms with Crippen molar-refractivity contribution in [1.29, 1.82) is 0 Å². The zero-order valence-corrected chi connectivity index (χ0v) is 45.3. The Hall–Kier alpha value is -5.67. The predicted molar refractivity (Wildman–Crippen MR) is 278 cm³/mol. The molecule has 2 aliphatic heterocycles. The Balaban J connectivity index is 0.959. The molecule has 0 bridgehead atoms. The number of methoxy groups -OCH3 is 2. The molecule has 3 aromatic carbocycles. The third kappa shape index (κ3) is 17.2. The highest BCUT2D eigenvalue weighted by atomic mass is 16.7. The zero-order valence-electron chi connectivity index (χ0n) is 45.3. The minimum absolute atomic E-state index is 0.0254. The number of aliphatic hydroxyl groups is 2. The van der Waals surface area contributed by atoms with Crippen molar-refractivity contribution in [2.24, 2.45) is 10.8 Å². The quantitative estimate of drug-likeness (QED) is 0.0296. The molecule has 0 spiro atoms. The van der Waals surface area contributed by atoms with E-state index >= 15 is 0 Å². The van der Waals surface area contributed by atoms with Crippen molar-refractivity contribution < 1.29 is 81.6 Å². The average Bonchev–Trinajstić information content (AvgIpc) is 3.69. The number of rotatable bonds is 32. The lowest BCUT2D eigenvalue weighted by molar-refractivity contribution is -0.307. The number of benzene rings is 3. The molecule has 3 N–H and O–H groups in total. The summed E-state index contributed by atoms with van der Waals surface area (Å²) in [6, 6.07) is 25.9. The predicted octanol–water partition coefficient (Wildman–Crippen LogP) is 5.66. The van der Waals surface area contributed by atoms with Gasteiger partial charge in [-0.05, 0) is 53.8 Å². The first-order valence-electron chi connectivity index (χ1n) is 26.2. The van der Waals surface area contributed by atoms with Crippen molar-refractivity contribution in [2.45, 2.75) is 122 Å². The number of esters is 3. The van der Waals surface area contributed by atoms with E-state index in [1.807, 2.05) is 78.6 Å². The van der Waals surface area contributed by atoms with Crippen LogP contribution in [0.2, 0.25) is 0 Å². The van der Waals surface area contributed by atoms with Crippen LogP contribution in [0.4, 0.5) is 0 Å². The highest BCUT2D eigenvalue weighted by Gasteiger charge is 2.55. The van der Waals surface area contributed by atoms with Crippen molar-refractivity contribution in [2.75, 3.05) is 86.7 Å². The van der Waals surface area contributed by atoms with Gasteiger partial charge in [0, 0.05) is 64.1 Å². The van der Waals surface area contributed by atoms with Gasteiger partial charge in [0.25, 0.3) is 0 Å². The molecule has 420 valence electrons. The van der Waals surface area contributed by atoms with Gasteiger partial charge in [-0.2, -0.15) is 0 Å². The Bertz CT molecular complexity index is 2220. The van der Waals surface area contributed by atoms with Gasteiger partial charge in [0.1, 0.15) is 35.9 Å². The van der Waals surface area contributed by atoms with E-state index in [0.717, 1.165) is 80.6 Å². The van der Waals surface area contributed by atoms with Gasteiger partial charge >= 0.3 is 17.9 Å². The Kier molecular flexibility index (Phi) is 24.4. The number of nitrogens with zero attached hydrogens (tertiary/aromatic N) is 1. The highest BCUT2D eigenvalue weighted by Crippen LogP contribution is 2.50. The third-order valence-electron chi connectivity index (χ3n) is 14.2. The fraction of sp³-hybridized carbons (Fsp3) is 0.596. The molecule has 2 aliphatic rings. The summed E-state index contributed by atoms with van der Waals surface area (Å²) in [5.41, 5.74) is 0.495. The van der Waals surface area contributed by atoms with Crippen LogP contribution in [0.25, 0.3) is 0 Å². The number of nitrogens with one attached hydrogen (secondary N) is 1. The first-order chi connectivity index (χ1) is 36.5. The van der Waals surface area contributed by atoms with Crippen molar-refractivity contribution in [3.05, 3.63) is 95.6 Å². The second-order valence-corrected chi connectivity index (χ2v) is 19.9. The molecule has 2 amide bonds. The third-order valence-corrected chi connectivity index (χ3v) is 14.2. The average molecular weight is 1070 g/mol. The second kappa shape index (κ2) is 30.3. The summed E-state index contributed by atoms with van der Waals surface area (Å²) >= 11 is 0. The van der Waals surface area contributed by atoms with Gasteiger partial charge in [0.15, 0.2) is 18.5 Å². The van der Waals surface area contributed by atoms with E-state index in [-0.39, 0.29) is 58.1 Å². The molecule has 7 atom stereocenters. The minimum atomic E-state index is -1.52. The number of hydrogen-bond acceptors (Lipinski definition) is 17. The maximum Gasteiger partial charge on any atom is 0.303 e. The molecule has 2 fully saturated rings. The molecular formula is C57H80N2O17. The second-order valence-electron chi connectivity index (χ2n) is 19.9. The van der Waals surface area contributed by atoms with Crippen molar-refractivity contribution in [3.8, 4) is 11.5 Å². The summed E-state index contributed by atoms with van der Waals surface area (Å²) in [5.74, 6) is -0.597. The molecule has 5 rings (SSSR count). The molecule has 19 heteroatoms. The number of amides is 2. The fourth-order valence-corrected chi connectivity index (χ4v) is 9.61. The summed E-state index contributed by atoms with van der Waals surface area (Å²) in [4.78, 5) is 63.1. The smallest absolute Gasteiger partial charge is 0.303 e. The lowest BCUT2D eigenvalue weighted by Crippen LogP contribution is -2.62. The van der Waals surface area contributed by atoms with Gasteiger partial charge in [0.05, 0.1) is 60.5 Å². The van der Waals surface area contributed by atoms with E-state index in [2.05, 4.69) is 24.4 Å². The molecule has 0 aromatic heterocycles. The number of unbranched alkanes of at least 4 members (excludes halogenated alkanes) is 5. The Morgan fingerprint density at radius 2 is 1.20 bits per heavy atom. The molecule has 0 aliphatic carbocycles. The van der Waals surface area contributed by atoms with Crippen molar-refractivity contribution in [3.63, 3.8) is 0 Å². The van der Waals surface area contributed by atoms with Crippen LogP contribution >= 0.6 is 0 Å². The molecule has 76 heavy (non-hydrogen) atoms. The molecular weight excluding hydrogens is 985 g/mol. The summed E-state index contributed by atoms with van der Waals surface area (Å²) < 4.78 is 56.3. The molecule has 1 unspecified atom stereocenters. The number of carbonyl (C=O) groups is 5. The number of ether oxygens (including phenoxy) is 10. The largest absolute Gasteiger partial charge is 0.497 e. The maximum atomic E-state index is 13.8. The molecule has 2 saturated heterocycles. The lowest BCUT2D eigenvalue weighted by Gasteiger charge is -2.43. The summed E-state index contributed by atoms with van der Waals surface area (Å²) in [6.45, 7) is 9.49. The number of likely N-dealkylation sites (tertiary alicyclic amines) is 1. The van der Waals surface area contributed by atoms with E-state index in [0.29, 0.717) is 39.1 Å². The topological polar surface area (TPSA) is 233 Å². The van der Waals surface area contributed by atoms with Crippen LogP contribution < -0.4 is 14.8 Å². The molecule has 3 aromatic rings. The van der Waals surface area contributed by atoms with Gasteiger partial charge < -0.3 is 67.8 Å². The van der Waals surface area contributed by atoms with Gasteiger partial charge in [0.2, 0.25) is 11.8 Å². The zero-order chi connectivity index (χ0) is 55.1. The maximum absolute atomic E-state index is 13.8. The van der Waals surface area contributed by atoms with Gasteiger partial charge in [-0.3, -0.25) is 24.0 Å². The molecule has 2 heterocycles. The van der Waals surface area contributed by atoms with E-state index in [9.17, 15) is 34.2 Å². The normalized spacial score (nSPS) is 22.4.